The summed E-state index contributed by atoms with van der Waals surface area (Å²) in [6.45, 7) is 4.11. The molecule has 1 amide bonds. The summed E-state index contributed by atoms with van der Waals surface area (Å²) in [6.07, 6.45) is 0. The Labute approximate surface area is 162 Å². The highest BCUT2D eigenvalue weighted by Gasteiger charge is 2.17. The van der Waals surface area contributed by atoms with E-state index in [-0.39, 0.29) is 11.6 Å². The van der Waals surface area contributed by atoms with E-state index in [4.69, 9.17) is 9.47 Å². The monoisotopic (exact) mass is 379 g/mol. The molecule has 3 rings (SSSR count). The quantitative estimate of drug-likeness (QED) is 0.711. The Kier molecular flexibility index (Phi) is 5.74. The Morgan fingerprint density at radius 1 is 1.11 bits per heavy atom. The van der Waals surface area contributed by atoms with Crippen LogP contribution in [0.15, 0.2) is 59.4 Å². The van der Waals surface area contributed by atoms with Crippen molar-refractivity contribution in [2.24, 2.45) is 0 Å². The number of hydrogen-bond acceptors (Lipinski definition) is 5. The van der Waals surface area contributed by atoms with Gasteiger partial charge in [-0.05, 0) is 50.2 Å². The number of rotatable bonds is 6. The molecule has 2 aromatic carbocycles. The zero-order chi connectivity index (χ0) is 20.1. The Morgan fingerprint density at radius 3 is 2.39 bits per heavy atom. The third-order valence-corrected chi connectivity index (χ3v) is 4.03. The highest BCUT2D eigenvalue weighted by Crippen LogP contribution is 2.19. The second-order valence-electron chi connectivity index (χ2n) is 6.06. The zero-order valence-corrected chi connectivity index (χ0v) is 15.9. The molecule has 0 atom stereocenters. The average molecular weight is 379 g/mol. The number of hydrogen-bond donors (Lipinski definition) is 1. The van der Waals surface area contributed by atoms with Gasteiger partial charge in [-0.2, -0.15) is 5.10 Å². The van der Waals surface area contributed by atoms with E-state index in [9.17, 15) is 9.59 Å². The van der Waals surface area contributed by atoms with E-state index < -0.39 is 11.3 Å². The molecule has 1 aromatic heterocycles. The number of ether oxygens (including phenoxy) is 2. The number of carbonyl (C=O) groups excluding carboxylic acids is 1. The molecular weight excluding hydrogens is 358 g/mol. The number of aryl methyl sites for hydroxylation is 1. The first-order valence-corrected chi connectivity index (χ1v) is 8.81. The third-order valence-electron chi connectivity index (χ3n) is 4.03. The molecule has 3 aromatic rings. The molecule has 0 spiro atoms. The first kappa shape index (κ1) is 19.2. The van der Waals surface area contributed by atoms with Gasteiger partial charge in [0.15, 0.2) is 5.69 Å². The van der Waals surface area contributed by atoms with E-state index in [1.807, 2.05) is 19.1 Å². The van der Waals surface area contributed by atoms with Crippen LogP contribution in [0.3, 0.4) is 0 Å². The van der Waals surface area contributed by atoms with E-state index in [2.05, 4.69) is 10.4 Å². The molecule has 7 nitrogen and oxygen atoms in total. The van der Waals surface area contributed by atoms with Crippen LogP contribution in [0, 0.1) is 6.92 Å². The molecule has 0 bridgehead atoms. The first-order valence-electron chi connectivity index (χ1n) is 8.81. The van der Waals surface area contributed by atoms with Crippen LogP contribution in [-0.4, -0.2) is 29.4 Å². The first-order chi connectivity index (χ1) is 13.5. The van der Waals surface area contributed by atoms with Gasteiger partial charge in [-0.3, -0.25) is 9.59 Å². The van der Waals surface area contributed by atoms with Crippen LogP contribution in [0.2, 0.25) is 0 Å². The van der Waals surface area contributed by atoms with Gasteiger partial charge in [-0.15, -0.1) is 0 Å². The van der Waals surface area contributed by atoms with Crippen molar-refractivity contribution in [3.8, 4) is 17.3 Å². The fraction of sp³-hybridized carbons (Fsp3) is 0.190. The molecule has 0 radical (unpaired) electrons. The summed E-state index contributed by atoms with van der Waals surface area (Å²) >= 11 is 0. The average Bonchev–Trinajstić information content (AvgIpc) is 2.70. The van der Waals surface area contributed by atoms with E-state index >= 15 is 0 Å². The van der Waals surface area contributed by atoms with E-state index in [0.717, 1.165) is 5.56 Å². The number of nitrogens with one attached hydrogen (secondary N) is 1. The van der Waals surface area contributed by atoms with Gasteiger partial charge in [-0.1, -0.05) is 17.7 Å². The molecule has 28 heavy (non-hydrogen) atoms. The van der Waals surface area contributed by atoms with Gasteiger partial charge in [0.2, 0.25) is 11.3 Å². The molecule has 1 heterocycles. The number of aromatic nitrogens is 2. The van der Waals surface area contributed by atoms with Crippen molar-refractivity contribution in [1.82, 2.24) is 9.78 Å². The summed E-state index contributed by atoms with van der Waals surface area (Å²) in [5, 5.41) is 6.96. The summed E-state index contributed by atoms with van der Waals surface area (Å²) in [4.78, 5) is 25.1. The SMILES string of the molecule is CCOc1cc(=O)c(C(=O)Nc2ccc(C)cc2)nn1-c1ccc(OC)cc1. The van der Waals surface area contributed by atoms with Crippen molar-refractivity contribution in [2.75, 3.05) is 19.0 Å². The minimum Gasteiger partial charge on any atom is -0.497 e. The summed E-state index contributed by atoms with van der Waals surface area (Å²) in [7, 11) is 1.58. The lowest BCUT2D eigenvalue weighted by Gasteiger charge is -2.14. The van der Waals surface area contributed by atoms with Crippen molar-refractivity contribution >= 4 is 11.6 Å². The smallest absolute Gasteiger partial charge is 0.280 e. The molecule has 0 saturated heterocycles. The standard InChI is InChI=1S/C21H21N3O4/c1-4-28-19-13-18(25)20(21(26)22-15-7-5-14(2)6-8-15)23-24(19)16-9-11-17(27-3)12-10-16/h5-13H,4H2,1-3H3,(H,22,26). The van der Waals surface area contributed by atoms with Crippen molar-refractivity contribution < 1.29 is 14.3 Å². The Morgan fingerprint density at radius 2 is 1.79 bits per heavy atom. The van der Waals surface area contributed by atoms with Crippen LogP contribution in [0.4, 0.5) is 5.69 Å². The van der Waals surface area contributed by atoms with Crippen LogP contribution in [-0.2, 0) is 0 Å². The maximum absolute atomic E-state index is 12.6. The van der Waals surface area contributed by atoms with Crippen molar-refractivity contribution in [2.45, 2.75) is 13.8 Å². The molecule has 144 valence electrons. The lowest BCUT2D eigenvalue weighted by molar-refractivity contribution is 0.101. The van der Waals surface area contributed by atoms with E-state index in [0.29, 0.717) is 23.7 Å². The largest absolute Gasteiger partial charge is 0.497 e. The van der Waals surface area contributed by atoms with E-state index in [1.54, 1.807) is 50.4 Å². The van der Waals surface area contributed by atoms with Crippen LogP contribution in [0.5, 0.6) is 11.6 Å². The highest BCUT2D eigenvalue weighted by atomic mass is 16.5. The summed E-state index contributed by atoms with van der Waals surface area (Å²) < 4.78 is 12.1. The van der Waals surface area contributed by atoms with Gasteiger partial charge in [0.05, 0.1) is 25.5 Å². The number of anilines is 1. The minimum atomic E-state index is -0.584. The van der Waals surface area contributed by atoms with Crippen molar-refractivity contribution in [1.29, 1.82) is 0 Å². The Bertz CT molecular complexity index is 1030. The fourth-order valence-corrected chi connectivity index (χ4v) is 2.58. The highest BCUT2D eigenvalue weighted by molar-refractivity contribution is 6.02. The lowest BCUT2D eigenvalue weighted by atomic mass is 10.2. The number of carbonyl (C=O) groups is 1. The summed E-state index contributed by atoms with van der Waals surface area (Å²) in [5.41, 5.74) is 1.55. The molecule has 0 aliphatic rings. The summed E-state index contributed by atoms with van der Waals surface area (Å²) in [6, 6.07) is 15.6. The number of benzene rings is 2. The van der Waals surface area contributed by atoms with Gasteiger partial charge in [0, 0.05) is 5.69 Å². The number of amides is 1. The maximum Gasteiger partial charge on any atom is 0.280 e. The summed E-state index contributed by atoms with van der Waals surface area (Å²) in [5.74, 6) is 0.351. The zero-order valence-electron chi connectivity index (χ0n) is 15.9. The predicted molar refractivity (Wildman–Crippen MR) is 107 cm³/mol. The van der Waals surface area contributed by atoms with Crippen LogP contribution >= 0.6 is 0 Å². The Balaban J connectivity index is 2.00. The molecule has 7 heteroatoms. The molecule has 0 saturated carbocycles. The Hall–Kier alpha value is -3.61. The van der Waals surface area contributed by atoms with Crippen LogP contribution in [0.25, 0.3) is 5.69 Å². The van der Waals surface area contributed by atoms with Crippen molar-refractivity contribution in [3.05, 3.63) is 76.1 Å². The molecule has 0 aliphatic heterocycles. The van der Waals surface area contributed by atoms with Gasteiger partial charge in [0.25, 0.3) is 5.91 Å². The molecule has 0 unspecified atom stereocenters. The minimum absolute atomic E-state index is 0.222. The van der Waals surface area contributed by atoms with Gasteiger partial charge >= 0.3 is 0 Å². The molecule has 0 aliphatic carbocycles. The second-order valence-corrected chi connectivity index (χ2v) is 6.06. The van der Waals surface area contributed by atoms with Gasteiger partial charge < -0.3 is 14.8 Å². The predicted octanol–water partition coefficient (Wildman–Crippen LogP) is 3.20. The van der Waals surface area contributed by atoms with Gasteiger partial charge in [0.1, 0.15) is 5.75 Å². The van der Waals surface area contributed by atoms with Crippen LogP contribution in [0.1, 0.15) is 23.0 Å². The number of methoxy groups -OCH3 is 1. The molecular formula is C21H21N3O4. The normalized spacial score (nSPS) is 10.4. The third kappa shape index (κ3) is 4.20. The van der Waals surface area contributed by atoms with Crippen LogP contribution < -0.4 is 20.2 Å². The fourth-order valence-electron chi connectivity index (χ4n) is 2.58. The maximum atomic E-state index is 12.6. The lowest BCUT2D eigenvalue weighted by Crippen LogP contribution is -2.26. The second kappa shape index (κ2) is 8.39. The molecule has 1 N–H and O–H groups in total. The van der Waals surface area contributed by atoms with Gasteiger partial charge in [-0.25, -0.2) is 4.68 Å². The molecule has 0 fully saturated rings. The number of nitrogens with zero attached hydrogens (tertiary/aromatic N) is 2. The van der Waals surface area contributed by atoms with E-state index in [1.165, 1.54) is 10.7 Å². The van der Waals surface area contributed by atoms with Crippen molar-refractivity contribution in [3.63, 3.8) is 0 Å². The topological polar surface area (TPSA) is 82.5 Å².